The first-order chi connectivity index (χ1) is 12.0. The fourth-order valence-electron chi connectivity index (χ4n) is 2.90. The van der Waals surface area contributed by atoms with Crippen LogP contribution in [0.5, 0.6) is 5.75 Å². The molecule has 0 N–H and O–H groups in total. The molecule has 0 radical (unpaired) electrons. The zero-order chi connectivity index (χ0) is 18.0. The van der Waals surface area contributed by atoms with Crippen molar-refractivity contribution in [1.29, 1.82) is 0 Å². The van der Waals surface area contributed by atoms with E-state index >= 15 is 0 Å². The molecule has 2 heterocycles. The summed E-state index contributed by atoms with van der Waals surface area (Å²) < 4.78 is 24.5. The number of hydrogen-bond donors (Lipinski definition) is 0. The first kappa shape index (κ1) is 17.3. The van der Waals surface area contributed by atoms with Gasteiger partial charge in [0.15, 0.2) is 5.82 Å². The number of nitrogens with zero attached hydrogens (tertiary/aromatic N) is 3. The number of aryl methyl sites for hydroxylation is 2. The highest BCUT2D eigenvalue weighted by molar-refractivity contribution is 5.97. The van der Waals surface area contributed by atoms with Gasteiger partial charge in [-0.1, -0.05) is 0 Å². The smallest absolute Gasteiger partial charge is 0.257 e. The molecule has 6 nitrogen and oxygen atoms in total. The van der Waals surface area contributed by atoms with Crippen LogP contribution in [0.2, 0.25) is 0 Å². The van der Waals surface area contributed by atoms with Crippen LogP contribution in [0.25, 0.3) is 0 Å². The Balaban J connectivity index is 1.84. The third kappa shape index (κ3) is 3.76. The molecular weight excluding hydrogens is 325 g/mol. The van der Waals surface area contributed by atoms with E-state index in [1.165, 1.54) is 25.3 Å². The van der Waals surface area contributed by atoms with E-state index < -0.39 is 11.9 Å². The van der Waals surface area contributed by atoms with Crippen molar-refractivity contribution in [2.24, 2.45) is 0 Å². The second-order valence-electron chi connectivity index (χ2n) is 5.96. The van der Waals surface area contributed by atoms with Gasteiger partial charge in [-0.2, -0.15) is 0 Å². The van der Waals surface area contributed by atoms with Gasteiger partial charge in [0.25, 0.3) is 5.91 Å². The molecule has 132 valence electrons. The second-order valence-corrected chi connectivity index (χ2v) is 5.96. The molecule has 3 rings (SSSR count). The Kier molecular flexibility index (Phi) is 4.94. The first-order valence-corrected chi connectivity index (χ1v) is 8.04. The Bertz CT molecular complexity index is 777. The predicted octanol–water partition coefficient (Wildman–Crippen LogP) is 2.45. The number of halogens is 1. The molecule has 1 unspecified atom stereocenters. The van der Waals surface area contributed by atoms with Crippen LogP contribution in [0.1, 0.15) is 33.7 Å². The molecule has 1 amide bonds. The topological polar surface area (TPSA) is 64.5 Å². The molecule has 1 atom stereocenters. The average molecular weight is 345 g/mol. The van der Waals surface area contributed by atoms with Gasteiger partial charge in [0.2, 0.25) is 0 Å². The molecule has 1 aliphatic rings. The molecule has 0 bridgehead atoms. The lowest BCUT2D eigenvalue weighted by atomic mass is 10.1. The van der Waals surface area contributed by atoms with Crippen LogP contribution < -0.4 is 4.74 Å². The number of carbonyl (C=O) groups excluding carboxylic acids is 1. The highest BCUT2D eigenvalue weighted by Gasteiger charge is 2.29. The maximum Gasteiger partial charge on any atom is 0.257 e. The van der Waals surface area contributed by atoms with Crippen molar-refractivity contribution in [3.8, 4) is 5.75 Å². The minimum absolute atomic E-state index is 0.199. The number of aromatic nitrogens is 2. The standard InChI is InChI=1S/C18H20FN3O3/c1-11-8-12(2)21-17(20-11)16-10-22(6-7-25-16)18(23)14-9-13(19)4-5-15(14)24-3/h4-5,8-9,16H,6-7,10H2,1-3H3. The van der Waals surface area contributed by atoms with E-state index in [0.29, 0.717) is 31.3 Å². The summed E-state index contributed by atoms with van der Waals surface area (Å²) in [6.45, 7) is 4.87. The predicted molar refractivity (Wildman–Crippen MR) is 89.1 cm³/mol. The van der Waals surface area contributed by atoms with Crippen LogP contribution in [0.3, 0.4) is 0 Å². The molecule has 1 aliphatic heterocycles. The summed E-state index contributed by atoms with van der Waals surface area (Å²) in [5.74, 6) is 0.124. The van der Waals surface area contributed by atoms with E-state index in [2.05, 4.69) is 9.97 Å². The van der Waals surface area contributed by atoms with Crippen LogP contribution in [-0.4, -0.2) is 47.6 Å². The van der Waals surface area contributed by atoms with E-state index in [0.717, 1.165) is 11.4 Å². The fourth-order valence-corrected chi connectivity index (χ4v) is 2.90. The summed E-state index contributed by atoms with van der Waals surface area (Å²) in [6, 6.07) is 5.79. The molecular formula is C18H20FN3O3. The lowest BCUT2D eigenvalue weighted by Crippen LogP contribution is -2.42. The lowest BCUT2D eigenvalue weighted by molar-refractivity contribution is -0.0270. The van der Waals surface area contributed by atoms with Crippen LogP contribution in [0, 0.1) is 19.7 Å². The Morgan fingerprint density at radius 3 is 2.68 bits per heavy atom. The summed E-state index contributed by atoms with van der Waals surface area (Å²) in [5.41, 5.74) is 1.90. The first-order valence-electron chi connectivity index (χ1n) is 8.04. The van der Waals surface area contributed by atoms with E-state index in [9.17, 15) is 9.18 Å². The highest BCUT2D eigenvalue weighted by atomic mass is 19.1. The largest absolute Gasteiger partial charge is 0.496 e. The minimum atomic E-state index is -0.480. The van der Waals surface area contributed by atoms with Crippen molar-refractivity contribution in [3.63, 3.8) is 0 Å². The van der Waals surface area contributed by atoms with E-state index in [1.54, 1.807) is 4.90 Å². The van der Waals surface area contributed by atoms with Crippen LogP contribution in [0.4, 0.5) is 4.39 Å². The summed E-state index contributed by atoms with van der Waals surface area (Å²) >= 11 is 0. The van der Waals surface area contributed by atoms with Crippen molar-refractivity contribution in [3.05, 3.63) is 52.9 Å². The third-order valence-electron chi connectivity index (χ3n) is 4.03. The van der Waals surface area contributed by atoms with Gasteiger partial charge in [-0.05, 0) is 38.1 Å². The molecule has 1 saturated heterocycles. The number of morpholine rings is 1. The summed E-state index contributed by atoms with van der Waals surface area (Å²) in [5, 5.41) is 0. The average Bonchev–Trinajstić information content (AvgIpc) is 2.60. The van der Waals surface area contributed by atoms with Crippen molar-refractivity contribution in [1.82, 2.24) is 14.9 Å². The number of benzene rings is 1. The van der Waals surface area contributed by atoms with E-state index in [-0.39, 0.29) is 11.5 Å². The second kappa shape index (κ2) is 7.14. The van der Waals surface area contributed by atoms with Gasteiger partial charge in [-0.25, -0.2) is 14.4 Å². The maximum atomic E-state index is 13.6. The Hall–Kier alpha value is -2.54. The molecule has 0 aliphatic carbocycles. The summed E-state index contributed by atoms with van der Waals surface area (Å²) in [6.07, 6.45) is -0.407. The van der Waals surface area contributed by atoms with Crippen molar-refractivity contribution in [2.45, 2.75) is 20.0 Å². The molecule has 2 aromatic rings. The SMILES string of the molecule is COc1ccc(F)cc1C(=O)N1CCOC(c2nc(C)cc(C)n2)C1. The zero-order valence-corrected chi connectivity index (χ0v) is 14.5. The van der Waals surface area contributed by atoms with Crippen LogP contribution in [0.15, 0.2) is 24.3 Å². The molecule has 25 heavy (non-hydrogen) atoms. The minimum Gasteiger partial charge on any atom is -0.496 e. The van der Waals surface area contributed by atoms with Gasteiger partial charge < -0.3 is 14.4 Å². The molecule has 7 heteroatoms. The summed E-state index contributed by atoms with van der Waals surface area (Å²) in [7, 11) is 1.45. The van der Waals surface area contributed by atoms with Gasteiger partial charge in [-0.3, -0.25) is 4.79 Å². The zero-order valence-electron chi connectivity index (χ0n) is 14.5. The van der Waals surface area contributed by atoms with Gasteiger partial charge in [-0.15, -0.1) is 0 Å². The fraction of sp³-hybridized carbons (Fsp3) is 0.389. The number of ether oxygens (including phenoxy) is 2. The van der Waals surface area contributed by atoms with Crippen molar-refractivity contribution in [2.75, 3.05) is 26.8 Å². The van der Waals surface area contributed by atoms with Gasteiger partial charge in [0.1, 0.15) is 17.7 Å². The lowest BCUT2D eigenvalue weighted by Gasteiger charge is -2.32. The molecule has 0 saturated carbocycles. The maximum absolute atomic E-state index is 13.6. The van der Waals surface area contributed by atoms with E-state index in [1.807, 2.05) is 19.9 Å². The normalized spacial score (nSPS) is 17.4. The Morgan fingerprint density at radius 2 is 2.00 bits per heavy atom. The van der Waals surface area contributed by atoms with Crippen molar-refractivity contribution >= 4 is 5.91 Å². The number of amides is 1. The molecule has 1 aromatic carbocycles. The number of hydrogen-bond acceptors (Lipinski definition) is 5. The summed E-state index contributed by atoms with van der Waals surface area (Å²) in [4.78, 5) is 23.3. The van der Waals surface area contributed by atoms with Gasteiger partial charge in [0.05, 0.1) is 25.8 Å². The van der Waals surface area contributed by atoms with Crippen LogP contribution >= 0.6 is 0 Å². The Morgan fingerprint density at radius 1 is 1.28 bits per heavy atom. The molecule has 1 aromatic heterocycles. The number of methoxy groups -OCH3 is 1. The highest BCUT2D eigenvalue weighted by Crippen LogP contribution is 2.25. The quantitative estimate of drug-likeness (QED) is 0.855. The third-order valence-corrected chi connectivity index (χ3v) is 4.03. The van der Waals surface area contributed by atoms with Crippen LogP contribution in [-0.2, 0) is 4.74 Å². The number of carbonyl (C=O) groups is 1. The Labute approximate surface area is 145 Å². The monoisotopic (exact) mass is 345 g/mol. The van der Waals surface area contributed by atoms with Gasteiger partial charge in [0, 0.05) is 17.9 Å². The van der Waals surface area contributed by atoms with Crippen molar-refractivity contribution < 1.29 is 18.7 Å². The van der Waals surface area contributed by atoms with E-state index in [4.69, 9.17) is 9.47 Å². The molecule has 0 spiro atoms. The molecule has 1 fully saturated rings. The number of rotatable bonds is 3. The van der Waals surface area contributed by atoms with Gasteiger partial charge >= 0.3 is 0 Å².